The maximum absolute atomic E-state index is 13.5. The van der Waals surface area contributed by atoms with E-state index in [1.165, 1.54) is 7.11 Å². The summed E-state index contributed by atoms with van der Waals surface area (Å²) in [5.41, 5.74) is 0.660. The summed E-state index contributed by atoms with van der Waals surface area (Å²) in [6.07, 6.45) is -3.99. The molecule has 0 fully saturated rings. The first-order chi connectivity index (χ1) is 14.4. The van der Waals surface area contributed by atoms with Gasteiger partial charge in [-0.3, -0.25) is 4.79 Å². The third-order valence-electron chi connectivity index (χ3n) is 4.28. The highest BCUT2D eigenvalue weighted by atomic mass is 32.2. The van der Waals surface area contributed by atoms with Crippen LogP contribution in [0.5, 0.6) is 5.75 Å². The smallest absolute Gasteiger partial charge is 0.433 e. The van der Waals surface area contributed by atoms with Crippen molar-refractivity contribution in [2.75, 3.05) is 7.11 Å². The molecular weight excluding hydrogens is 413 g/mol. The molecule has 3 rings (SSSR count). The van der Waals surface area contributed by atoms with Gasteiger partial charge in [0.1, 0.15) is 28.8 Å². The lowest BCUT2D eigenvalue weighted by Crippen LogP contribution is -2.10. The number of pyridine rings is 1. The van der Waals surface area contributed by atoms with Gasteiger partial charge >= 0.3 is 6.18 Å². The third-order valence-corrected chi connectivity index (χ3v) is 5.30. The molecule has 0 saturated heterocycles. The highest BCUT2D eigenvalue weighted by Gasteiger charge is 2.34. The fraction of sp³-hybridized carbons (Fsp3) is 0.136. The topological polar surface area (TPSA) is 63.0 Å². The number of aldehydes is 1. The van der Waals surface area contributed by atoms with Crippen molar-refractivity contribution in [2.45, 2.75) is 17.0 Å². The molecule has 30 heavy (non-hydrogen) atoms. The zero-order valence-electron chi connectivity index (χ0n) is 15.7. The Morgan fingerprint density at radius 3 is 2.50 bits per heavy atom. The Morgan fingerprint density at radius 1 is 1.17 bits per heavy atom. The Labute approximate surface area is 175 Å². The van der Waals surface area contributed by atoms with Gasteiger partial charge in [-0.25, -0.2) is 4.98 Å². The van der Waals surface area contributed by atoms with Crippen molar-refractivity contribution in [3.63, 3.8) is 0 Å². The predicted octanol–water partition coefficient (Wildman–Crippen LogP) is 5.75. The van der Waals surface area contributed by atoms with Crippen LogP contribution in [0.3, 0.4) is 0 Å². The number of ether oxygens (including phenoxy) is 1. The lowest BCUT2D eigenvalue weighted by atomic mass is 10.0. The van der Waals surface area contributed by atoms with Gasteiger partial charge in [0.15, 0.2) is 0 Å². The van der Waals surface area contributed by atoms with Gasteiger partial charge in [0.25, 0.3) is 0 Å². The lowest BCUT2D eigenvalue weighted by Gasteiger charge is -2.14. The van der Waals surface area contributed by atoms with Crippen LogP contribution in [-0.4, -0.2) is 18.4 Å². The maximum atomic E-state index is 13.5. The van der Waals surface area contributed by atoms with Crippen LogP contribution in [0.1, 0.15) is 27.2 Å². The first-order valence-electron chi connectivity index (χ1n) is 8.70. The number of rotatable bonds is 6. The SMILES string of the molecule is COc1ccc(C=O)cc1CSc1nc(C(F)(F)F)cc(-c2ccccc2)c1C#N. The Morgan fingerprint density at radius 2 is 1.90 bits per heavy atom. The number of alkyl halides is 3. The summed E-state index contributed by atoms with van der Waals surface area (Å²) in [5.74, 6) is 0.657. The molecule has 2 aromatic carbocycles. The van der Waals surface area contributed by atoms with Crippen molar-refractivity contribution >= 4 is 18.0 Å². The van der Waals surface area contributed by atoms with Gasteiger partial charge in [-0.05, 0) is 29.8 Å². The molecule has 8 heteroatoms. The Bertz CT molecular complexity index is 1110. The zero-order valence-corrected chi connectivity index (χ0v) is 16.6. The van der Waals surface area contributed by atoms with E-state index >= 15 is 0 Å². The van der Waals surface area contributed by atoms with Gasteiger partial charge in [0.05, 0.1) is 12.7 Å². The normalized spacial score (nSPS) is 11.0. The fourth-order valence-corrected chi connectivity index (χ4v) is 3.84. The van der Waals surface area contributed by atoms with Crippen LogP contribution in [0, 0.1) is 11.3 Å². The molecule has 0 amide bonds. The molecule has 0 aliphatic rings. The summed E-state index contributed by atoms with van der Waals surface area (Å²) < 4.78 is 45.7. The van der Waals surface area contributed by atoms with E-state index in [4.69, 9.17) is 4.74 Å². The van der Waals surface area contributed by atoms with Gasteiger partial charge in [-0.15, -0.1) is 11.8 Å². The largest absolute Gasteiger partial charge is 0.496 e. The van der Waals surface area contributed by atoms with Crippen LogP contribution >= 0.6 is 11.8 Å². The standard InChI is InChI=1S/C22H15F3N2O2S/c1-29-19-8-7-14(12-28)9-16(19)13-30-21-18(11-26)17(15-5-3-2-4-6-15)10-20(27-21)22(23,24)25/h2-10,12H,13H2,1H3. The van der Waals surface area contributed by atoms with E-state index in [0.29, 0.717) is 28.7 Å². The number of nitriles is 1. The molecule has 1 aromatic heterocycles. The molecule has 0 bridgehead atoms. The minimum atomic E-state index is -4.66. The van der Waals surface area contributed by atoms with E-state index in [1.807, 2.05) is 6.07 Å². The van der Waals surface area contributed by atoms with Crippen LogP contribution in [0.4, 0.5) is 13.2 Å². The number of thioether (sulfide) groups is 1. The molecule has 152 valence electrons. The molecule has 0 aliphatic heterocycles. The second kappa shape index (κ2) is 9.01. The van der Waals surface area contributed by atoms with Crippen LogP contribution in [-0.2, 0) is 11.9 Å². The lowest BCUT2D eigenvalue weighted by molar-refractivity contribution is -0.141. The van der Waals surface area contributed by atoms with Gasteiger partial charge in [0, 0.05) is 22.4 Å². The summed E-state index contributed by atoms with van der Waals surface area (Å²) in [5, 5.41) is 9.64. The van der Waals surface area contributed by atoms with Crippen molar-refractivity contribution < 1.29 is 22.7 Å². The second-order valence-electron chi connectivity index (χ2n) is 6.19. The minimum absolute atomic E-state index is 0.0373. The highest BCUT2D eigenvalue weighted by molar-refractivity contribution is 7.98. The number of halogens is 3. The monoisotopic (exact) mass is 428 g/mol. The molecule has 0 spiro atoms. The van der Waals surface area contributed by atoms with E-state index in [-0.39, 0.29) is 21.9 Å². The first kappa shape index (κ1) is 21.4. The molecule has 0 saturated carbocycles. The summed E-state index contributed by atoms with van der Waals surface area (Å²) in [7, 11) is 1.46. The molecule has 0 N–H and O–H groups in total. The van der Waals surface area contributed by atoms with E-state index in [1.54, 1.807) is 48.5 Å². The molecular formula is C22H15F3N2O2S. The number of hydrogen-bond donors (Lipinski definition) is 0. The van der Waals surface area contributed by atoms with E-state index < -0.39 is 11.9 Å². The number of carbonyl (C=O) groups excluding carboxylic acids is 1. The number of nitrogens with zero attached hydrogens (tertiary/aromatic N) is 2. The van der Waals surface area contributed by atoms with Crippen LogP contribution in [0.2, 0.25) is 0 Å². The molecule has 0 unspecified atom stereocenters. The van der Waals surface area contributed by atoms with Gasteiger partial charge < -0.3 is 4.74 Å². The maximum Gasteiger partial charge on any atom is 0.433 e. The van der Waals surface area contributed by atoms with Crippen LogP contribution in [0.15, 0.2) is 59.6 Å². The molecule has 0 atom stereocenters. The zero-order chi connectivity index (χ0) is 21.7. The van der Waals surface area contributed by atoms with Crippen molar-refractivity contribution in [3.8, 4) is 22.9 Å². The molecule has 1 heterocycles. The number of aromatic nitrogens is 1. The van der Waals surface area contributed by atoms with E-state index in [0.717, 1.165) is 17.8 Å². The Hall–Kier alpha value is -3.31. The predicted molar refractivity (Wildman–Crippen MR) is 107 cm³/mol. The van der Waals surface area contributed by atoms with Crippen molar-refractivity contribution in [3.05, 3.63) is 77.0 Å². The quantitative estimate of drug-likeness (QED) is 0.369. The second-order valence-corrected chi connectivity index (χ2v) is 7.15. The van der Waals surface area contributed by atoms with Crippen molar-refractivity contribution in [1.29, 1.82) is 5.26 Å². The molecule has 3 aromatic rings. The van der Waals surface area contributed by atoms with Crippen LogP contribution in [0.25, 0.3) is 11.1 Å². The Kier molecular flexibility index (Phi) is 6.43. The summed E-state index contributed by atoms with van der Waals surface area (Å²) in [6, 6.07) is 16.1. The number of benzene rings is 2. The third kappa shape index (κ3) is 4.63. The molecule has 0 radical (unpaired) electrons. The summed E-state index contributed by atoms with van der Waals surface area (Å²) >= 11 is 0.983. The number of methoxy groups -OCH3 is 1. The first-order valence-corrected chi connectivity index (χ1v) is 9.68. The summed E-state index contributed by atoms with van der Waals surface area (Å²) in [6.45, 7) is 0. The van der Waals surface area contributed by atoms with E-state index in [2.05, 4.69) is 4.98 Å². The van der Waals surface area contributed by atoms with Gasteiger partial charge in [-0.2, -0.15) is 18.4 Å². The van der Waals surface area contributed by atoms with E-state index in [9.17, 15) is 23.2 Å². The molecule has 0 aliphatic carbocycles. The summed E-state index contributed by atoms with van der Waals surface area (Å²) in [4.78, 5) is 14.8. The van der Waals surface area contributed by atoms with Crippen molar-refractivity contribution in [1.82, 2.24) is 4.98 Å². The van der Waals surface area contributed by atoms with Crippen LogP contribution < -0.4 is 4.74 Å². The van der Waals surface area contributed by atoms with Crippen molar-refractivity contribution in [2.24, 2.45) is 0 Å². The average molecular weight is 428 g/mol. The Balaban J connectivity index is 2.08. The van der Waals surface area contributed by atoms with Gasteiger partial charge in [-0.1, -0.05) is 30.3 Å². The highest BCUT2D eigenvalue weighted by Crippen LogP contribution is 2.38. The fourth-order valence-electron chi connectivity index (χ4n) is 2.86. The number of carbonyl (C=O) groups is 1. The van der Waals surface area contributed by atoms with Gasteiger partial charge in [0.2, 0.25) is 0 Å². The minimum Gasteiger partial charge on any atom is -0.496 e. The molecule has 4 nitrogen and oxygen atoms in total. The number of hydrogen-bond acceptors (Lipinski definition) is 5. The average Bonchev–Trinajstić information content (AvgIpc) is 2.76.